The van der Waals surface area contributed by atoms with Crippen molar-refractivity contribution in [3.05, 3.63) is 65.7 Å². The molecular formula is C25H32N4O6. The van der Waals surface area contributed by atoms with Crippen molar-refractivity contribution in [3.63, 3.8) is 0 Å². The predicted octanol–water partition coefficient (Wildman–Crippen LogP) is 0.331. The number of phenols is 1. The summed E-state index contributed by atoms with van der Waals surface area (Å²) in [4.78, 5) is 49.1. The Bertz CT molecular complexity index is 1010. The zero-order valence-corrected chi connectivity index (χ0v) is 19.7. The SMILES string of the molecule is CC(C)C(NC(=O)CNC(=O)C(N)Cc1ccccc1)C(=O)NC(Cc1ccc(O)cc1)C(=O)O. The van der Waals surface area contributed by atoms with Gasteiger partial charge >= 0.3 is 5.97 Å². The maximum absolute atomic E-state index is 12.8. The number of amides is 3. The van der Waals surface area contributed by atoms with Crippen LogP contribution in [0.4, 0.5) is 0 Å². The number of phenolic OH excluding ortho intramolecular Hbond substituents is 1. The number of carboxylic acid groups (broad SMARTS) is 1. The first-order chi connectivity index (χ1) is 16.6. The van der Waals surface area contributed by atoms with Crippen molar-refractivity contribution in [2.45, 2.75) is 44.8 Å². The maximum atomic E-state index is 12.8. The molecule has 0 bridgehead atoms. The van der Waals surface area contributed by atoms with Crippen LogP contribution < -0.4 is 21.7 Å². The van der Waals surface area contributed by atoms with E-state index >= 15 is 0 Å². The molecule has 3 amide bonds. The summed E-state index contributed by atoms with van der Waals surface area (Å²) in [6, 6.07) is 12.1. The molecule has 0 saturated carbocycles. The second-order valence-electron chi connectivity index (χ2n) is 8.57. The summed E-state index contributed by atoms with van der Waals surface area (Å²) in [5.41, 5.74) is 7.40. The van der Waals surface area contributed by atoms with Gasteiger partial charge in [-0.15, -0.1) is 0 Å². The highest BCUT2D eigenvalue weighted by atomic mass is 16.4. The minimum absolute atomic E-state index is 0.00449. The Hall–Kier alpha value is -3.92. The molecule has 0 aliphatic heterocycles. The first kappa shape index (κ1) is 27.3. The number of hydrogen-bond acceptors (Lipinski definition) is 6. The van der Waals surface area contributed by atoms with E-state index in [1.165, 1.54) is 12.1 Å². The van der Waals surface area contributed by atoms with Crippen molar-refractivity contribution >= 4 is 23.7 Å². The molecule has 10 nitrogen and oxygen atoms in total. The molecule has 2 aromatic carbocycles. The first-order valence-corrected chi connectivity index (χ1v) is 11.2. The highest BCUT2D eigenvalue weighted by Gasteiger charge is 2.29. The van der Waals surface area contributed by atoms with Crippen molar-refractivity contribution in [2.24, 2.45) is 11.7 Å². The van der Waals surface area contributed by atoms with Crippen LogP contribution >= 0.6 is 0 Å². The molecule has 7 N–H and O–H groups in total. The van der Waals surface area contributed by atoms with E-state index in [0.29, 0.717) is 12.0 Å². The van der Waals surface area contributed by atoms with Gasteiger partial charge in [0.2, 0.25) is 17.7 Å². The molecule has 0 aliphatic carbocycles. The van der Waals surface area contributed by atoms with Crippen molar-refractivity contribution in [1.29, 1.82) is 0 Å². The minimum atomic E-state index is -1.24. The summed E-state index contributed by atoms with van der Waals surface area (Å²) in [6.45, 7) is 3.02. The lowest BCUT2D eigenvalue weighted by molar-refractivity contribution is -0.142. The van der Waals surface area contributed by atoms with E-state index < -0.39 is 41.8 Å². The highest BCUT2D eigenvalue weighted by molar-refractivity contribution is 5.92. The molecule has 35 heavy (non-hydrogen) atoms. The third-order valence-corrected chi connectivity index (χ3v) is 5.31. The zero-order valence-electron chi connectivity index (χ0n) is 19.7. The molecule has 0 aromatic heterocycles. The number of nitrogens with two attached hydrogens (primary N) is 1. The van der Waals surface area contributed by atoms with E-state index in [-0.39, 0.29) is 24.6 Å². The Morgan fingerprint density at radius 3 is 2.03 bits per heavy atom. The minimum Gasteiger partial charge on any atom is -0.508 e. The molecule has 188 valence electrons. The molecule has 0 spiro atoms. The van der Waals surface area contributed by atoms with Crippen molar-refractivity contribution < 1.29 is 29.4 Å². The summed E-state index contributed by atoms with van der Waals surface area (Å²) in [5.74, 6) is -3.32. The summed E-state index contributed by atoms with van der Waals surface area (Å²) in [6.07, 6.45) is 0.304. The maximum Gasteiger partial charge on any atom is 0.326 e. The van der Waals surface area contributed by atoms with Crippen LogP contribution in [0.5, 0.6) is 5.75 Å². The molecular weight excluding hydrogens is 452 g/mol. The van der Waals surface area contributed by atoms with Gasteiger partial charge in [0.1, 0.15) is 17.8 Å². The zero-order chi connectivity index (χ0) is 26.0. The predicted molar refractivity (Wildman–Crippen MR) is 129 cm³/mol. The van der Waals surface area contributed by atoms with Gasteiger partial charge in [0, 0.05) is 6.42 Å². The number of nitrogens with one attached hydrogen (secondary N) is 3. The number of hydrogen-bond donors (Lipinski definition) is 6. The van der Waals surface area contributed by atoms with Crippen molar-refractivity contribution in [1.82, 2.24) is 16.0 Å². The molecule has 0 aliphatic rings. The molecule has 0 fully saturated rings. The second kappa shape index (κ2) is 13.1. The molecule has 3 unspecified atom stereocenters. The Balaban J connectivity index is 1.90. The average molecular weight is 485 g/mol. The van der Waals surface area contributed by atoms with Crippen LogP contribution in [0.3, 0.4) is 0 Å². The van der Waals surface area contributed by atoms with Crippen LogP contribution in [0.1, 0.15) is 25.0 Å². The largest absolute Gasteiger partial charge is 0.508 e. The summed E-state index contributed by atoms with van der Waals surface area (Å²) < 4.78 is 0. The van der Waals surface area contributed by atoms with Crippen molar-refractivity contribution in [3.8, 4) is 5.75 Å². The molecule has 0 saturated heterocycles. The van der Waals surface area contributed by atoms with Crippen LogP contribution in [-0.2, 0) is 32.0 Å². The Morgan fingerprint density at radius 2 is 1.46 bits per heavy atom. The molecule has 2 rings (SSSR count). The lowest BCUT2D eigenvalue weighted by Crippen LogP contribution is -2.56. The third kappa shape index (κ3) is 9.09. The van der Waals surface area contributed by atoms with Gasteiger partial charge in [0.05, 0.1) is 12.6 Å². The first-order valence-electron chi connectivity index (χ1n) is 11.2. The van der Waals surface area contributed by atoms with Gasteiger partial charge in [-0.25, -0.2) is 4.79 Å². The van der Waals surface area contributed by atoms with Gasteiger partial charge in [-0.3, -0.25) is 14.4 Å². The normalized spacial score (nSPS) is 13.4. The van der Waals surface area contributed by atoms with E-state index in [4.69, 9.17) is 5.73 Å². The lowest BCUT2D eigenvalue weighted by atomic mass is 10.0. The Labute approximate surface area is 203 Å². The quantitative estimate of drug-likeness (QED) is 0.252. The van der Waals surface area contributed by atoms with Gasteiger partial charge in [-0.1, -0.05) is 56.3 Å². The van der Waals surface area contributed by atoms with Crippen LogP contribution in [0.25, 0.3) is 0 Å². The molecule has 0 radical (unpaired) electrons. The van der Waals surface area contributed by atoms with Crippen molar-refractivity contribution in [2.75, 3.05) is 6.54 Å². The van der Waals surface area contributed by atoms with Gasteiger partial charge in [0.15, 0.2) is 0 Å². The van der Waals surface area contributed by atoms with E-state index in [2.05, 4.69) is 16.0 Å². The fourth-order valence-corrected chi connectivity index (χ4v) is 3.35. The Kier molecular flexibility index (Phi) is 10.2. The number of rotatable bonds is 12. The van der Waals surface area contributed by atoms with Crippen LogP contribution in [-0.4, -0.2) is 58.6 Å². The van der Waals surface area contributed by atoms with Crippen LogP contribution in [0.2, 0.25) is 0 Å². The standard InChI is InChI=1S/C25H32N4O6/c1-15(2)22(24(33)28-20(25(34)35)13-17-8-10-18(30)11-9-17)29-21(31)14-27-23(32)19(26)12-16-6-4-3-5-7-16/h3-11,15,19-20,22,30H,12-14,26H2,1-2H3,(H,27,32)(H,28,33)(H,29,31)(H,34,35). The summed E-state index contributed by atoms with van der Waals surface area (Å²) >= 11 is 0. The number of benzene rings is 2. The van der Waals surface area contributed by atoms with E-state index in [9.17, 15) is 29.4 Å². The van der Waals surface area contributed by atoms with Gasteiger partial charge < -0.3 is 31.9 Å². The second-order valence-corrected chi connectivity index (χ2v) is 8.57. The van der Waals surface area contributed by atoms with Gasteiger partial charge in [0.25, 0.3) is 0 Å². The number of carbonyl (C=O) groups excluding carboxylic acids is 3. The fraction of sp³-hybridized carbons (Fsp3) is 0.360. The summed E-state index contributed by atoms with van der Waals surface area (Å²) in [5, 5.41) is 26.4. The average Bonchev–Trinajstić information content (AvgIpc) is 2.82. The van der Waals surface area contributed by atoms with Gasteiger partial charge in [-0.2, -0.15) is 0 Å². The monoisotopic (exact) mass is 484 g/mol. The number of aromatic hydroxyl groups is 1. The summed E-state index contributed by atoms with van der Waals surface area (Å²) in [7, 11) is 0. The third-order valence-electron chi connectivity index (χ3n) is 5.31. The van der Waals surface area contributed by atoms with Crippen LogP contribution in [0, 0.1) is 5.92 Å². The number of carbonyl (C=O) groups is 4. The highest BCUT2D eigenvalue weighted by Crippen LogP contribution is 2.12. The van der Waals surface area contributed by atoms with Gasteiger partial charge in [-0.05, 0) is 35.6 Å². The van der Waals surface area contributed by atoms with E-state index in [1.54, 1.807) is 26.0 Å². The van der Waals surface area contributed by atoms with E-state index in [1.807, 2.05) is 30.3 Å². The molecule has 2 aromatic rings. The number of aliphatic carboxylic acids is 1. The van der Waals surface area contributed by atoms with Crippen LogP contribution in [0.15, 0.2) is 54.6 Å². The fourth-order valence-electron chi connectivity index (χ4n) is 3.35. The molecule has 10 heteroatoms. The number of carboxylic acids is 1. The smallest absolute Gasteiger partial charge is 0.326 e. The van der Waals surface area contributed by atoms with E-state index in [0.717, 1.165) is 5.56 Å². The molecule has 3 atom stereocenters. The molecule has 0 heterocycles. The Morgan fingerprint density at radius 1 is 0.857 bits per heavy atom. The lowest BCUT2D eigenvalue weighted by Gasteiger charge is -2.24. The topological polar surface area (TPSA) is 171 Å².